The van der Waals surface area contributed by atoms with E-state index in [9.17, 15) is 16.8 Å². The van der Waals surface area contributed by atoms with Gasteiger partial charge in [-0.25, -0.2) is 0 Å². The molecule has 0 fully saturated rings. The smallest absolute Gasteiger partial charge is 0.282 e. The third-order valence-electron chi connectivity index (χ3n) is 2.38. The van der Waals surface area contributed by atoms with Gasteiger partial charge in [-0.1, -0.05) is 30.3 Å². The SMILES string of the molecule is O=S(=O)(O)c1ccc2ccccc2c1S(=O)(=O)O.[Li]. The van der Waals surface area contributed by atoms with Crippen LogP contribution in [0.5, 0.6) is 0 Å². The molecule has 0 aliphatic carbocycles. The number of hydrogen-bond acceptors (Lipinski definition) is 4. The maximum Gasteiger partial charge on any atom is 0.296 e. The van der Waals surface area contributed by atoms with E-state index in [1.54, 1.807) is 12.1 Å². The van der Waals surface area contributed by atoms with Crippen molar-refractivity contribution in [2.75, 3.05) is 0 Å². The Kier molecular flexibility index (Phi) is 4.46. The van der Waals surface area contributed by atoms with E-state index in [0.717, 1.165) is 6.07 Å². The molecule has 0 spiro atoms. The molecule has 2 rings (SSSR count). The van der Waals surface area contributed by atoms with Gasteiger partial charge in [0, 0.05) is 24.2 Å². The zero-order valence-corrected chi connectivity index (χ0v) is 11.4. The second-order valence-electron chi connectivity index (χ2n) is 3.56. The minimum Gasteiger partial charge on any atom is -0.282 e. The summed E-state index contributed by atoms with van der Waals surface area (Å²) in [5.41, 5.74) is 0. The van der Waals surface area contributed by atoms with E-state index in [4.69, 9.17) is 9.11 Å². The maximum atomic E-state index is 11.3. The molecule has 1 radical (unpaired) electrons. The number of benzene rings is 2. The van der Waals surface area contributed by atoms with E-state index in [0.29, 0.717) is 5.39 Å². The van der Waals surface area contributed by atoms with Crippen LogP contribution in [0.25, 0.3) is 10.8 Å². The van der Waals surface area contributed by atoms with Gasteiger partial charge < -0.3 is 0 Å². The average molecular weight is 295 g/mol. The molecule has 19 heavy (non-hydrogen) atoms. The standard InChI is InChI=1S/C10H8O6S2.Li/c11-17(12,13)9-6-5-7-3-1-2-4-8(7)10(9)18(14,15)16;/h1-6H,(H,11,12,13)(H,14,15,16);. The summed E-state index contributed by atoms with van der Waals surface area (Å²) >= 11 is 0. The molecule has 0 saturated carbocycles. The minimum atomic E-state index is -4.78. The van der Waals surface area contributed by atoms with Crippen LogP contribution in [-0.4, -0.2) is 44.8 Å². The summed E-state index contributed by atoms with van der Waals surface area (Å²) < 4.78 is 63.0. The van der Waals surface area contributed by atoms with Gasteiger partial charge in [0.05, 0.1) is 0 Å². The first-order valence-electron chi connectivity index (χ1n) is 4.68. The van der Waals surface area contributed by atoms with E-state index >= 15 is 0 Å². The van der Waals surface area contributed by atoms with Gasteiger partial charge in [0.1, 0.15) is 9.79 Å². The predicted molar refractivity (Wildman–Crippen MR) is 69.3 cm³/mol. The zero-order chi connectivity index (χ0) is 13.6. The third kappa shape index (κ3) is 3.17. The Hall–Kier alpha value is -0.883. The van der Waals surface area contributed by atoms with Gasteiger partial charge in [-0.3, -0.25) is 9.11 Å². The van der Waals surface area contributed by atoms with Crippen LogP contribution in [0.1, 0.15) is 0 Å². The molecule has 0 amide bonds. The van der Waals surface area contributed by atoms with E-state index in [2.05, 4.69) is 0 Å². The molecule has 2 N–H and O–H groups in total. The Labute approximate surface area is 122 Å². The molecule has 9 heteroatoms. The van der Waals surface area contributed by atoms with Crippen molar-refractivity contribution in [3.8, 4) is 0 Å². The first-order chi connectivity index (χ1) is 8.21. The molecule has 6 nitrogen and oxygen atoms in total. The summed E-state index contributed by atoms with van der Waals surface area (Å²) in [5.74, 6) is 0. The Morgan fingerprint density at radius 3 is 1.89 bits per heavy atom. The quantitative estimate of drug-likeness (QED) is 0.630. The molecule has 0 saturated heterocycles. The van der Waals surface area contributed by atoms with Crippen molar-refractivity contribution < 1.29 is 25.9 Å². The first-order valence-corrected chi connectivity index (χ1v) is 7.56. The summed E-state index contributed by atoms with van der Waals surface area (Å²) in [6.45, 7) is 0. The first kappa shape index (κ1) is 16.2. The van der Waals surface area contributed by atoms with E-state index in [1.807, 2.05) is 0 Å². The van der Waals surface area contributed by atoms with Crippen molar-refractivity contribution in [3.63, 3.8) is 0 Å². The van der Waals surface area contributed by atoms with Crippen LogP contribution < -0.4 is 0 Å². The number of hydrogen-bond donors (Lipinski definition) is 2. The molecule has 0 aromatic heterocycles. The van der Waals surface area contributed by atoms with Gasteiger partial charge in [-0.15, -0.1) is 0 Å². The Morgan fingerprint density at radius 1 is 0.789 bits per heavy atom. The Morgan fingerprint density at radius 2 is 1.37 bits per heavy atom. The summed E-state index contributed by atoms with van der Waals surface area (Å²) in [7, 11) is -9.53. The van der Waals surface area contributed by atoms with Crippen LogP contribution in [-0.2, 0) is 20.2 Å². The van der Waals surface area contributed by atoms with Crippen molar-refractivity contribution in [2.45, 2.75) is 9.79 Å². The molecule has 0 unspecified atom stereocenters. The molecule has 0 aliphatic rings. The monoisotopic (exact) mass is 295 g/mol. The number of rotatable bonds is 2. The number of fused-ring (bicyclic) bond motifs is 1. The van der Waals surface area contributed by atoms with Gasteiger partial charge in [0.25, 0.3) is 20.2 Å². The molecule has 0 bridgehead atoms. The van der Waals surface area contributed by atoms with Crippen LogP contribution in [0.15, 0.2) is 46.2 Å². The van der Waals surface area contributed by atoms with Crippen LogP contribution in [0.4, 0.5) is 0 Å². The molecular formula is C10H8LiO6S2. The van der Waals surface area contributed by atoms with E-state index in [1.165, 1.54) is 18.2 Å². The normalized spacial score (nSPS) is 12.1. The van der Waals surface area contributed by atoms with Crippen LogP contribution >= 0.6 is 0 Å². The second kappa shape index (κ2) is 5.24. The van der Waals surface area contributed by atoms with Gasteiger partial charge >= 0.3 is 0 Å². The predicted octanol–water partition coefficient (Wildman–Crippen LogP) is 0.952. The fourth-order valence-electron chi connectivity index (χ4n) is 1.69. The van der Waals surface area contributed by atoms with E-state index < -0.39 is 30.0 Å². The van der Waals surface area contributed by atoms with Gasteiger partial charge in [0.15, 0.2) is 0 Å². The molecule has 0 aliphatic heterocycles. The molecule has 0 heterocycles. The van der Waals surface area contributed by atoms with Crippen molar-refractivity contribution in [1.29, 1.82) is 0 Å². The van der Waals surface area contributed by atoms with Crippen molar-refractivity contribution >= 4 is 49.9 Å². The average Bonchev–Trinajstić information content (AvgIpc) is 2.24. The van der Waals surface area contributed by atoms with Gasteiger partial charge in [-0.05, 0) is 11.5 Å². The van der Waals surface area contributed by atoms with Crippen LogP contribution in [0.3, 0.4) is 0 Å². The molecular weight excluding hydrogens is 287 g/mol. The Balaban J connectivity index is 0.00000180. The summed E-state index contributed by atoms with van der Waals surface area (Å²) in [5, 5.41) is 0.452. The third-order valence-corrected chi connectivity index (χ3v) is 4.36. The Bertz CT molecular complexity index is 826. The summed E-state index contributed by atoms with van der Waals surface area (Å²) in [6, 6.07) is 8.28. The molecule has 0 atom stereocenters. The van der Waals surface area contributed by atoms with Gasteiger partial charge in [0.2, 0.25) is 0 Å². The van der Waals surface area contributed by atoms with Crippen molar-refractivity contribution in [2.24, 2.45) is 0 Å². The van der Waals surface area contributed by atoms with Crippen molar-refractivity contribution in [1.82, 2.24) is 0 Å². The fourth-order valence-corrected chi connectivity index (χ4v) is 3.69. The second-order valence-corrected chi connectivity index (χ2v) is 6.31. The van der Waals surface area contributed by atoms with E-state index in [-0.39, 0.29) is 24.2 Å². The van der Waals surface area contributed by atoms with Gasteiger partial charge in [-0.2, -0.15) is 16.8 Å². The largest absolute Gasteiger partial charge is 0.296 e. The van der Waals surface area contributed by atoms with Crippen molar-refractivity contribution in [3.05, 3.63) is 36.4 Å². The summed E-state index contributed by atoms with van der Waals surface area (Å²) in [4.78, 5) is -1.66. The fraction of sp³-hybridized carbons (Fsp3) is 0. The molecule has 2 aromatic rings. The maximum absolute atomic E-state index is 11.3. The topological polar surface area (TPSA) is 109 Å². The molecule has 97 valence electrons. The zero-order valence-electron chi connectivity index (χ0n) is 9.81. The van der Waals surface area contributed by atoms with Crippen LogP contribution in [0, 0.1) is 0 Å². The minimum absolute atomic E-state index is 0. The molecule has 2 aromatic carbocycles. The summed E-state index contributed by atoms with van der Waals surface area (Å²) in [6.07, 6.45) is 0. The van der Waals surface area contributed by atoms with Crippen LogP contribution in [0.2, 0.25) is 0 Å².